The second-order valence-electron chi connectivity index (χ2n) is 4.93. The summed E-state index contributed by atoms with van der Waals surface area (Å²) in [5, 5.41) is 0. The molecule has 0 heterocycles. The lowest BCUT2D eigenvalue weighted by molar-refractivity contribution is -0.133. The van der Waals surface area contributed by atoms with Gasteiger partial charge < -0.3 is 0 Å². The topological polar surface area (TPSA) is 38.3 Å². The van der Waals surface area contributed by atoms with Crippen molar-refractivity contribution in [2.75, 3.05) is 0 Å². The molecule has 1 aliphatic rings. The van der Waals surface area contributed by atoms with E-state index in [1.165, 1.54) is 24.8 Å². The maximum atomic E-state index is 11.6. The Hall–Kier alpha value is -1.61. The zero-order valence-electron chi connectivity index (χ0n) is 11.2. The van der Waals surface area contributed by atoms with Crippen LogP contribution in [0.1, 0.15) is 44.1 Å². The molecule has 1 fully saturated rings. The van der Waals surface area contributed by atoms with Gasteiger partial charge in [0.05, 0.1) is 6.61 Å². The summed E-state index contributed by atoms with van der Waals surface area (Å²) >= 11 is 0. The molecule has 0 atom stereocenters. The largest absolute Gasteiger partial charge is 0.272 e. The number of carbonyl (C=O) groups is 1. The average Bonchev–Trinajstić information content (AvgIpc) is 2.47. The van der Waals surface area contributed by atoms with Gasteiger partial charge in [-0.15, -0.1) is 0 Å². The molecular weight excluding hydrogens is 238 g/mol. The monoisotopic (exact) mass is 259 g/mol. The molecule has 1 N–H and O–H groups in total. The van der Waals surface area contributed by atoms with Gasteiger partial charge in [-0.1, -0.05) is 48.4 Å². The van der Waals surface area contributed by atoms with E-state index in [1.807, 2.05) is 30.3 Å². The first-order chi connectivity index (χ1) is 9.34. The van der Waals surface area contributed by atoms with Crippen LogP contribution in [-0.2, 0) is 16.2 Å². The van der Waals surface area contributed by atoms with Crippen LogP contribution in [0.15, 0.2) is 42.0 Å². The van der Waals surface area contributed by atoms with Crippen molar-refractivity contribution in [1.82, 2.24) is 5.48 Å². The molecule has 3 nitrogen and oxygen atoms in total. The third kappa shape index (κ3) is 5.26. The predicted molar refractivity (Wildman–Crippen MR) is 75.2 cm³/mol. The zero-order chi connectivity index (χ0) is 13.3. The fourth-order valence-electron chi connectivity index (χ4n) is 2.26. The van der Waals surface area contributed by atoms with Gasteiger partial charge in [0.25, 0.3) is 0 Å². The average molecular weight is 259 g/mol. The fourth-order valence-corrected chi connectivity index (χ4v) is 2.26. The number of hydrogen-bond donors (Lipinski definition) is 1. The van der Waals surface area contributed by atoms with E-state index in [9.17, 15) is 4.79 Å². The van der Waals surface area contributed by atoms with Crippen LogP contribution in [-0.4, -0.2) is 5.91 Å². The molecule has 0 aromatic heterocycles. The first-order valence-electron chi connectivity index (χ1n) is 6.97. The van der Waals surface area contributed by atoms with E-state index in [0.29, 0.717) is 13.0 Å². The van der Waals surface area contributed by atoms with E-state index in [-0.39, 0.29) is 5.91 Å². The molecule has 3 heteroatoms. The summed E-state index contributed by atoms with van der Waals surface area (Å²) in [4.78, 5) is 16.8. The molecule has 0 saturated heterocycles. The normalized spacial score (nSPS) is 15.1. The Morgan fingerprint density at radius 1 is 1.16 bits per heavy atom. The van der Waals surface area contributed by atoms with E-state index in [2.05, 4.69) is 11.6 Å². The van der Waals surface area contributed by atoms with Crippen molar-refractivity contribution in [1.29, 1.82) is 0 Å². The number of benzene rings is 1. The SMILES string of the molecule is O=C(CC=C1CCCCC1)NOCc1ccccc1. The van der Waals surface area contributed by atoms with E-state index < -0.39 is 0 Å². The Morgan fingerprint density at radius 3 is 2.63 bits per heavy atom. The zero-order valence-corrected chi connectivity index (χ0v) is 11.2. The van der Waals surface area contributed by atoms with E-state index in [0.717, 1.165) is 18.4 Å². The summed E-state index contributed by atoms with van der Waals surface area (Å²) in [5.74, 6) is -0.0750. The number of allylic oxidation sites excluding steroid dienone is 1. The van der Waals surface area contributed by atoms with Gasteiger partial charge in [0, 0.05) is 6.42 Å². The minimum absolute atomic E-state index is 0.0750. The summed E-state index contributed by atoms with van der Waals surface area (Å²) in [5.41, 5.74) is 4.96. The van der Waals surface area contributed by atoms with Crippen LogP contribution in [0.5, 0.6) is 0 Å². The number of nitrogens with one attached hydrogen (secondary N) is 1. The number of hydroxylamine groups is 1. The smallest absolute Gasteiger partial charge is 0.247 e. The van der Waals surface area contributed by atoms with Crippen molar-refractivity contribution in [3.63, 3.8) is 0 Å². The Labute approximate surface area is 114 Å². The van der Waals surface area contributed by atoms with E-state index in [4.69, 9.17) is 4.84 Å². The van der Waals surface area contributed by atoms with Crippen LogP contribution >= 0.6 is 0 Å². The maximum absolute atomic E-state index is 11.6. The number of amides is 1. The highest BCUT2D eigenvalue weighted by molar-refractivity contribution is 5.76. The summed E-state index contributed by atoms with van der Waals surface area (Å²) < 4.78 is 0. The van der Waals surface area contributed by atoms with Gasteiger partial charge in [0.1, 0.15) is 0 Å². The van der Waals surface area contributed by atoms with Crippen LogP contribution in [0.3, 0.4) is 0 Å². The molecule has 102 valence electrons. The molecule has 0 aliphatic heterocycles. The molecule has 0 unspecified atom stereocenters. The molecule has 1 aromatic rings. The van der Waals surface area contributed by atoms with Gasteiger partial charge >= 0.3 is 0 Å². The summed E-state index contributed by atoms with van der Waals surface area (Å²) in [6.45, 7) is 0.406. The molecule has 0 spiro atoms. The quantitative estimate of drug-likeness (QED) is 0.649. The van der Waals surface area contributed by atoms with Crippen LogP contribution in [0.2, 0.25) is 0 Å². The summed E-state index contributed by atoms with van der Waals surface area (Å²) in [6.07, 6.45) is 8.63. The molecule has 0 bridgehead atoms. The van der Waals surface area contributed by atoms with E-state index >= 15 is 0 Å². The molecule has 1 amide bonds. The molecule has 0 radical (unpaired) electrons. The molecule has 2 rings (SSSR count). The molecule has 1 aromatic carbocycles. The van der Waals surface area contributed by atoms with Crippen molar-refractivity contribution in [2.45, 2.75) is 45.1 Å². The second-order valence-corrected chi connectivity index (χ2v) is 4.93. The van der Waals surface area contributed by atoms with Crippen molar-refractivity contribution in [3.8, 4) is 0 Å². The second kappa shape index (κ2) is 7.74. The predicted octanol–water partition coefficient (Wildman–Crippen LogP) is 3.52. The standard InChI is InChI=1S/C16H21NO2/c18-16(12-11-14-7-3-1-4-8-14)17-19-13-15-9-5-2-6-10-15/h2,5-6,9-11H,1,3-4,7-8,12-13H2,(H,17,18). The van der Waals surface area contributed by atoms with Crippen LogP contribution in [0.25, 0.3) is 0 Å². The minimum Gasteiger partial charge on any atom is -0.272 e. The molecule has 1 saturated carbocycles. The Bertz CT molecular complexity index is 418. The number of hydrogen-bond acceptors (Lipinski definition) is 2. The van der Waals surface area contributed by atoms with Gasteiger partial charge in [0.15, 0.2) is 0 Å². The number of rotatable bonds is 5. The van der Waals surface area contributed by atoms with E-state index in [1.54, 1.807) is 0 Å². The lowest BCUT2D eigenvalue weighted by Gasteiger charge is -2.13. The third-order valence-corrected chi connectivity index (χ3v) is 3.34. The third-order valence-electron chi connectivity index (χ3n) is 3.34. The van der Waals surface area contributed by atoms with Crippen molar-refractivity contribution < 1.29 is 9.63 Å². The highest BCUT2D eigenvalue weighted by Crippen LogP contribution is 2.22. The fraction of sp³-hybridized carbons (Fsp3) is 0.438. The highest BCUT2D eigenvalue weighted by atomic mass is 16.6. The van der Waals surface area contributed by atoms with Crippen molar-refractivity contribution >= 4 is 5.91 Å². The number of carbonyl (C=O) groups excluding carboxylic acids is 1. The van der Waals surface area contributed by atoms with Crippen molar-refractivity contribution in [3.05, 3.63) is 47.5 Å². The van der Waals surface area contributed by atoms with Gasteiger partial charge in [-0.2, -0.15) is 0 Å². The van der Waals surface area contributed by atoms with Gasteiger partial charge in [-0.05, 0) is 31.2 Å². The highest BCUT2D eigenvalue weighted by Gasteiger charge is 2.06. The first-order valence-corrected chi connectivity index (χ1v) is 6.97. The van der Waals surface area contributed by atoms with Gasteiger partial charge in [-0.25, -0.2) is 5.48 Å². The Kier molecular flexibility index (Phi) is 5.63. The van der Waals surface area contributed by atoms with Crippen LogP contribution < -0.4 is 5.48 Å². The Morgan fingerprint density at radius 2 is 1.89 bits per heavy atom. The Balaban J connectivity index is 1.64. The lowest BCUT2D eigenvalue weighted by Crippen LogP contribution is -2.22. The van der Waals surface area contributed by atoms with Crippen molar-refractivity contribution in [2.24, 2.45) is 0 Å². The molecule has 1 aliphatic carbocycles. The maximum Gasteiger partial charge on any atom is 0.247 e. The van der Waals surface area contributed by atoms with Crippen LogP contribution in [0, 0.1) is 0 Å². The summed E-state index contributed by atoms with van der Waals surface area (Å²) in [6, 6.07) is 9.80. The van der Waals surface area contributed by atoms with Gasteiger partial charge in [0.2, 0.25) is 5.91 Å². The molecular formula is C16H21NO2. The minimum atomic E-state index is -0.0750. The molecule has 19 heavy (non-hydrogen) atoms. The van der Waals surface area contributed by atoms with Crippen LogP contribution in [0.4, 0.5) is 0 Å². The summed E-state index contributed by atoms with van der Waals surface area (Å²) in [7, 11) is 0. The lowest BCUT2D eigenvalue weighted by atomic mass is 9.94. The van der Waals surface area contributed by atoms with Gasteiger partial charge in [-0.3, -0.25) is 9.63 Å². The first kappa shape index (κ1) is 13.8.